The van der Waals surface area contributed by atoms with Gasteiger partial charge in [0.25, 0.3) is 5.91 Å². The van der Waals surface area contributed by atoms with Crippen LogP contribution in [-0.4, -0.2) is 23.8 Å². The number of aromatic nitrogens is 1. The second-order valence-electron chi connectivity index (χ2n) is 5.87. The summed E-state index contributed by atoms with van der Waals surface area (Å²) in [7, 11) is 1.61. The first-order valence-electron chi connectivity index (χ1n) is 8.34. The molecule has 0 fully saturated rings. The van der Waals surface area contributed by atoms with Crippen LogP contribution in [0.5, 0.6) is 5.75 Å². The number of nitrogens with one attached hydrogen (secondary N) is 2. The topological polar surface area (TPSA) is 80.3 Å². The fourth-order valence-corrected chi connectivity index (χ4v) is 2.46. The van der Waals surface area contributed by atoms with Gasteiger partial charge in [0.1, 0.15) is 11.4 Å². The minimum atomic E-state index is -0.330. The number of ketones is 1. The average molecular weight is 361 g/mol. The van der Waals surface area contributed by atoms with Gasteiger partial charge in [0, 0.05) is 28.8 Å². The molecule has 0 atom stereocenters. The normalized spacial score (nSPS) is 10.1. The lowest BCUT2D eigenvalue weighted by molar-refractivity contribution is 0.101. The number of carbonyl (C=O) groups excluding carboxylic acids is 2. The zero-order valence-corrected chi connectivity index (χ0v) is 15.0. The monoisotopic (exact) mass is 361 g/mol. The van der Waals surface area contributed by atoms with Gasteiger partial charge in [0.15, 0.2) is 5.78 Å². The third-order valence-corrected chi connectivity index (χ3v) is 3.92. The molecule has 1 heterocycles. The van der Waals surface area contributed by atoms with Crippen molar-refractivity contribution in [1.82, 2.24) is 4.98 Å². The van der Waals surface area contributed by atoms with Crippen molar-refractivity contribution in [3.63, 3.8) is 0 Å². The number of Topliss-reactive ketones (excluding diaryl/α,β-unsaturated/α-hetero) is 1. The number of hydrogen-bond donors (Lipinski definition) is 2. The lowest BCUT2D eigenvalue weighted by atomic mass is 10.1. The number of anilines is 3. The number of ether oxygens (including phenoxy) is 1. The molecule has 0 aliphatic heterocycles. The molecule has 27 heavy (non-hydrogen) atoms. The van der Waals surface area contributed by atoms with E-state index < -0.39 is 0 Å². The van der Waals surface area contributed by atoms with Crippen LogP contribution in [0.15, 0.2) is 66.9 Å². The van der Waals surface area contributed by atoms with E-state index in [0.29, 0.717) is 11.3 Å². The summed E-state index contributed by atoms with van der Waals surface area (Å²) in [5.41, 5.74) is 3.08. The van der Waals surface area contributed by atoms with E-state index in [4.69, 9.17) is 4.74 Å². The number of nitrogens with zero attached hydrogens (tertiary/aromatic N) is 1. The van der Waals surface area contributed by atoms with Crippen LogP contribution in [0, 0.1) is 0 Å². The van der Waals surface area contributed by atoms with Crippen LogP contribution in [0.2, 0.25) is 0 Å². The Kier molecular flexibility index (Phi) is 5.47. The number of methoxy groups -OCH3 is 1. The Labute approximate surface area is 157 Å². The maximum Gasteiger partial charge on any atom is 0.274 e. The van der Waals surface area contributed by atoms with E-state index in [0.717, 1.165) is 17.1 Å². The molecule has 0 saturated heterocycles. The molecule has 3 aromatic rings. The third kappa shape index (κ3) is 4.70. The molecule has 0 unspecified atom stereocenters. The Morgan fingerprint density at radius 2 is 1.56 bits per heavy atom. The maximum absolute atomic E-state index is 12.4. The molecule has 0 aliphatic carbocycles. The molecule has 1 aromatic heterocycles. The lowest BCUT2D eigenvalue weighted by Crippen LogP contribution is -2.13. The molecule has 0 aliphatic rings. The highest BCUT2D eigenvalue weighted by molar-refractivity contribution is 6.03. The standard InChI is InChI=1S/C21H19N3O3/c1-14(25)15-3-5-17(6-4-15)24-21(26)20-13-18(11-12-22-20)23-16-7-9-19(27-2)10-8-16/h3-13H,1-2H3,(H,22,23)(H,24,26). The smallest absolute Gasteiger partial charge is 0.274 e. The zero-order chi connectivity index (χ0) is 19.2. The number of pyridine rings is 1. The Bertz CT molecular complexity index is 951. The van der Waals surface area contributed by atoms with Gasteiger partial charge in [-0.3, -0.25) is 14.6 Å². The molecular formula is C21H19N3O3. The van der Waals surface area contributed by atoms with Gasteiger partial charge in [0.2, 0.25) is 0 Å². The van der Waals surface area contributed by atoms with Crippen LogP contribution in [0.25, 0.3) is 0 Å². The molecule has 6 nitrogen and oxygen atoms in total. The predicted molar refractivity (Wildman–Crippen MR) is 105 cm³/mol. The van der Waals surface area contributed by atoms with Crippen LogP contribution in [-0.2, 0) is 0 Å². The van der Waals surface area contributed by atoms with Crippen molar-refractivity contribution in [3.05, 3.63) is 78.1 Å². The number of carbonyl (C=O) groups is 2. The minimum Gasteiger partial charge on any atom is -0.497 e. The Balaban J connectivity index is 1.70. The Hall–Kier alpha value is -3.67. The van der Waals surface area contributed by atoms with E-state index in [1.165, 1.54) is 6.92 Å². The first-order valence-corrected chi connectivity index (χ1v) is 8.34. The number of rotatable bonds is 6. The largest absolute Gasteiger partial charge is 0.497 e. The predicted octanol–water partition coefficient (Wildman–Crippen LogP) is 4.29. The maximum atomic E-state index is 12.4. The van der Waals surface area contributed by atoms with Crippen LogP contribution >= 0.6 is 0 Å². The van der Waals surface area contributed by atoms with Gasteiger partial charge in [-0.2, -0.15) is 0 Å². The molecule has 0 bridgehead atoms. The van der Waals surface area contributed by atoms with E-state index >= 15 is 0 Å². The second-order valence-corrected chi connectivity index (χ2v) is 5.87. The Morgan fingerprint density at radius 1 is 0.889 bits per heavy atom. The van der Waals surface area contributed by atoms with Gasteiger partial charge in [-0.15, -0.1) is 0 Å². The summed E-state index contributed by atoms with van der Waals surface area (Å²) in [6.07, 6.45) is 1.57. The van der Waals surface area contributed by atoms with Crippen LogP contribution < -0.4 is 15.4 Å². The van der Waals surface area contributed by atoms with Gasteiger partial charge >= 0.3 is 0 Å². The summed E-state index contributed by atoms with van der Waals surface area (Å²) < 4.78 is 5.14. The van der Waals surface area contributed by atoms with E-state index in [1.807, 2.05) is 24.3 Å². The molecule has 0 saturated carbocycles. The zero-order valence-electron chi connectivity index (χ0n) is 15.0. The summed E-state index contributed by atoms with van der Waals surface area (Å²) in [4.78, 5) is 27.9. The van der Waals surface area contributed by atoms with Crippen molar-refractivity contribution < 1.29 is 14.3 Å². The highest BCUT2D eigenvalue weighted by Crippen LogP contribution is 2.20. The van der Waals surface area contributed by atoms with Crippen LogP contribution in [0.4, 0.5) is 17.1 Å². The molecule has 6 heteroatoms. The number of hydrogen-bond acceptors (Lipinski definition) is 5. The van der Waals surface area contributed by atoms with E-state index in [9.17, 15) is 9.59 Å². The van der Waals surface area contributed by atoms with E-state index in [1.54, 1.807) is 49.7 Å². The molecule has 3 rings (SSSR count). The second kappa shape index (κ2) is 8.14. The summed E-state index contributed by atoms with van der Waals surface area (Å²) >= 11 is 0. The van der Waals surface area contributed by atoms with Crippen molar-refractivity contribution in [2.24, 2.45) is 0 Å². The highest BCUT2D eigenvalue weighted by Gasteiger charge is 2.09. The minimum absolute atomic E-state index is 0.0214. The summed E-state index contributed by atoms with van der Waals surface area (Å²) in [5.74, 6) is 0.418. The van der Waals surface area contributed by atoms with Gasteiger partial charge in [-0.1, -0.05) is 0 Å². The van der Waals surface area contributed by atoms with Gasteiger partial charge < -0.3 is 15.4 Å². The number of benzene rings is 2. The summed E-state index contributed by atoms with van der Waals surface area (Å²) in [5, 5.41) is 5.99. The molecule has 1 amide bonds. The third-order valence-electron chi connectivity index (χ3n) is 3.92. The van der Waals surface area contributed by atoms with Crippen molar-refractivity contribution in [2.75, 3.05) is 17.7 Å². The number of amides is 1. The molecule has 2 N–H and O–H groups in total. The fraction of sp³-hybridized carbons (Fsp3) is 0.0952. The summed E-state index contributed by atoms with van der Waals surface area (Å²) in [6.45, 7) is 1.50. The fourth-order valence-electron chi connectivity index (χ4n) is 2.46. The quantitative estimate of drug-likeness (QED) is 0.640. The summed E-state index contributed by atoms with van der Waals surface area (Å²) in [6, 6.07) is 17.6. The van der Waals surface area contributed by atoms with E-state index in [2.05, 4.69) is 15.6 Å². The first-order chi connectivity index (χ1) is 13.0. The molecule has 0 spiro atoms. The van der Waals surface area contributed by atoms with Crippen molar-refractivity contribution in [3.8, 4) is 5.75 Å². The van der Waals surface area contributed by atoms with Crippen LogP contribution in [0.3, 0.4) is 0 Å². The van der Waals surface area contributed by atoms with E-state index in [-0.39, 0.29) is 17.4 Å². The lowest BCUT2D eigenvalue weighted by Gasteiger charge is -2.09. The van der Waals surface area contributed by atoms with Crippen molar-refractivity contribution in [1.29, 1.82) is 0 Å². The van der Waals surface area contributed by atoms with Gasteiger partial charge in [0.05, 0.1) is 7.11 Å². The highest BCUT2D eigenvalue weighted by atomic mass is 16.5. The van der Waals surface area contributed by atoms with Gasteiger partial charge in [-0.05, 0) is 67.6 Å². The molecule has 136 valence electrons. The molecular weight excluding hydrogens is 342 g/mol. The van der Waals surface area contributed by atoms with Gasteiger partial charge in [-0.25, -0.2) is 0 Å². The SMILES string of the molecule is COc1ccc(Nc2ccnc(C(=O)Nc3ccc(C(C)=O)cc3)c2)cc1. The van der Waals surface area contributed by atoms with Crippen LogP contribution in [0.1, 0.15) is 27.8 Å². The Morgan fingerprint density at radius 3 is 2.19 bits per heavy atom. The molecule has 2 aromatic carbocycles. The first kappa shape index (κ1) is 18.1. The molecule has 0 radical (unpaired) electrons. The van der Waals surface area contributed by atoms with Crippen molar-refractivity contribution >= 4 is 28.8 Å². The van der Waals surface area contributed by atoms with Crippen molar-refractivity contribution in [2.45, 2.75) is 6.92 Å². The average Bonchev–Trinajstić information content (AvgIpc) is 2.69.